The first-order valence-electron chi connectivity index (χ1n) is 7.67. The lowest BCUT2D eigenvalue weighted by molar-refractivity contribution is 0.627. The molecule has 1 aromatic heterocycles. The summed E-state index contributed by atoms with van der Waals surface area (Å²) in [6, 6.07) is 13.9. The van der Waals surface area contributed by atoms with Crippen molar-refractivity contribution < 1.29 is 4.39 Å². The normalized spacial score (nSPS) is 10.7. The monoisotopic (exact) mass is 356 g/mol. The highest BCUT2D eigenvalue weighted by molar-refractivity contribution is 7.98. The molecule has 0 bridgehead atoms. The highest BCUT2D eigenvalue weighted by Gasteiger charge is 2.10. The van der Waals surface area contributed by atoms with Crippen LogP contribution in [0.3, 0.4) is 0 Å². The van der Waals surface area contributed by atoms with Crippen LogP contribution in [0.25, 0.3) is 0 Å². The Labute approximate surface area is 148 Å². The number of thioether (sulfide) groups is 1. The number of nitrogens with one attached hydrogen (secondary N) is 1. The Morgan fingerprint density at radius 1 is 1.08 bits per heavy atom. The van der Waals surface area contributed by atoms with Gasteiger partial charge in [0, 0.05) is 18.5 Å². The largest absolute Gasteiger partial charge is 0.334 e. The van der Waals surface area contributed by atoms with Gasteiger partial charge in [0.05, 0.1) is 0 Å². The SMILES string of the molecule is Cc1ccc(Nc2nnc(SCc3ccc(F)cc3)n(C)c2=O)cc1. The molecule has 128 valence electrons. The summed E-state index contributed by atoms with van der Waals surface area (Å²) >= 11 is 1.38. The Kier molecular flexibility index (Phi) is 5.14. The Hall–Kier alpha value is -2.67. The van der Waals surface area contributed by atoms with E-state index in [0.717, 1.165) is 16.8 Å². The fourth-order valence-electron chi connectivity index (χ4n) is 2.15. The Bertz CT molecular complexity index is 923. The van der Waals surface area contributed by atoms with E-state index in [2.05, 4.69) is 15.5 Å². The van der Waals surface area contributed by atoms with Gasteiger partial charge in [-0.3, -0.25) is 9.36 Å². The molecule has 25 heavy (non-hydrogen) atoms. The molecule has 0 spiro atoms. The second kappa shape index (κ2) is 7.48. The summed E-state index contributed by atoms with van der Waals surface area (Å²) in [5.41, 5.74) is 2.61. The van der Waals surface area contributed by atoms with Crippen LogP contribution in [0.15, 0.2) is 58.5 Å². The van der Waals surface area contributed by atoms with Gasteiger partial charge in [-0.1, -0.05) is 41.6 Å². The minimum absolute atomic E-state index is 0.178. The zero-order valence-corrected chi connectivity index (χ0v) is 14.7. The van der Waals surface area contributed by atoms with Gasteiger partial charge in [-0.25, -0.2) is 4.39 Å². The molecule has 0 aliphatic carbocycles. The van der Waals surface area contributed by atoms with Crippen LogP contribution in [-0.2, 0) is 12.8 Å². The summed E-state index contributed by atoms with van der Waals surface area (Å²) in [5.74, 6) is 0.484. The van der Waals surface area contributed by atoms with Crippen molar-refractivity contribution in [2.45, 2.75) is 17.8 Å². The van der Waals surface area contributed by atoms with Gasteiger partial charge in [0.2, 0.25) is 5.82 Å². The van der Waals surface area contributed by atoms with Crippen molar-refractivity contribution in [3.63, 3.8) is 0 Å². The summed E-state index contributed by atoms with van der Waals surface area (Å²) in [7, 11) is 1.66. The van der Waals surface area contributed by atoms with Crippen LogP contribution in [0, 0.1) is 12.7 Å². The minimum Gasteiger partial charge on any atom is -0.334 e. The fourth-order valence-corrected chi connectivity index (χ4v) is 3.02. The second-order valence-electron chi connectivity index (χ2n) is 5.60. The van der Waals surface area contributed by atoms with Crippen molar-refractivity contribution in [2.75, 3.05) is 5.32 Å². The molecule has 0 aliphatic heterocycles. The smallest absolute Gasteiger partial charge is 0.297 e. The predicted molar refractivity (Wildman–Crippen MR) is 97.7 cm³/mol. The molecule has 2 aromatic carbocycles. The third-order valence-electron chi connectivity index (χ3n) is 3.63. The van der Waals surface area contributed by atoms with E-state index in [1.807, 2.05) is 31.2 Å². The second-order valence-corrected chi connectivity index (χ2v) is 6.54. The van der Waals surface area contributed by atoms with Gasteiger partial charge >= 0.3 is 0 Å². The van der Waals surface area contributed by atoms with Crippen molar-refractivity contribution in [1.29, 1.82) is 0 Å². The van der Waals surface area contributed by atoms with Crippen LogP contribution in [0.1, 0.15) is 11.1 Å². The lowest BCUT2D eigenvalue weighted by Gasteiger charge is -2.09. The van der Waals surface area contributed by atoms with Crippen molar-refractivity contribution in [1.82, 2.24) is 14.8 Å². The molecule has 0 aliphatic rings. The fraction of sp³-hybridized carbons (Fsp3) is 0.167. The molecule has 0 atom stereocenters. The summed E-state index contributed by atoms with van der Waals surface area (Å²) < 4.78 is 14.4. The number of aryl methyl sites for hydroxylation is 1. The molecule has 1 N–H and O–H groups in total. The van der Waals surface area contributed by atoms with Crippen LogP contribution in [-0.4, -0.2) is 14.8 Å². The van der Waals surface area contributed by atoms with Gasteiger partial charge in [0.15, 0.2) is 5.16 Å². The molecule has 0 amide bonds. The lowest BCUT2D eigenvalue weighted by atomic mass is 10.2. The number of anilines is 2. The van der Waals surface area contributed by atoms with Gasteiger partial charge in [-0.05, 0) is 36.8 Å². The molecular formula is C18H17FN4OS. The third-order valence-corrected chi connectivity index (χ3v) is 4.72. The highest BCUT2D eigenvalue weighted by Crippen LogP contribution is 2.20. The van der Waals surface area contributed by atoms with Crippen LogP contribution < -0.4 is 10.9 Å². The molecule has 5 nitrogen and oxygen atoms in total. The van der Waals surface area contributed by atoms with Crippen molar-refractivity contribution in [3.8, 4) is 0 Å². The minimum atomic E-state index is -0.271. The van der Waals surface area contributed by atoms with Crippen molar-refractivity contribution in [3.05, 3.63) is 75.8 Å². The summed E-state index contributed by atoms with van der Waals surface area (Å²) in [6.45, 7) is 2.00. The van der Waals surface area contributed by atoms with E-state index in [1.54, 1.807) is 19.2 Å². The molecule has 1 heterocycles. The summed E-state index contributed by atoms with van der Waals surface area (Å²) in [5, 5.41) is 11.6. The Morgan fingerprint density at radius 2 is 1.76 bits per heavy atom. The highest BCUT2D eigenvalue weighted by atomic mass is 32.2. The predicted octanol–water partition coefficient (Wildman–Crippen LogP) is 3.66. The molecule has 0 saturated heterocycles. The van der Waals surface area contributed by atoms with Gasteiger partial charge in [0.1, 0.15) is 5.82 Å². The molecule has 7 heteroatoms. The van der Waals surface area contributed by atoms with Crippen LogP contribution >= 0.6 is 11.8 Å². The van der Waals surface area contributed by atoms with E-state index in [9.17, 15) is 9.18 Å². The van der Waals surface area contributed by atoms with Gasteiger partial charge in [-0.2, -0.15) is 0 Å². The summed E-state index contributed by atoms with van der Waals surface area (Å²) in [6.07, 6.45) is 0. The van der Waals surface area contributed by atoms with E-state index in [1.165, 1.54) is 28.5 Å². The van der Waals surface area contributed by atoms with Crippen LogP contribution in [0.5, 0.6) is 0 Å². The number of hydrogen-bond donors (Lipinski definition) is 1. The average Bonchev–Trinajstić information content (AvgIpc) is 2.61. The number of aromatic nitrogens is 3. The molecule has 0 saturated carbocycles. The lowest BCUT2D eigenvalue weighted by Crippen LogP contribution is -2.24. The standard InChI is InChI=1S/C18H17FN4OS/c1-12-3-9-15(10-4-12)20-16-17(24)23(2)18(22-21-16)25-11-13-5-7-14(19)8-6-13/h3-10H,11H2,1-2H3,(H,20,21). The van der Waals surface area contributed by atoms with Gasteiger partial charge in [-0.15, -0.1) is 10.2 Å². The van der Waals surface area contributed by atoms with Crippen molar-refractivity contribution in [2.24, 2.45) is 7.05 Å². The van der Waals surface area contributed by atoms with Gasteiger partial charge in [0.25, 0.3) is 5.56 Å². The number of hydrogen-bond acceptors (Lipinski definition) is 5. The molecule has 0 fully saturated rings. The first-order chi connectivity index (χ1) is 12.0. The summed E-state index contributed by atoms with van der Waals surface area (Å²) in [4.78, 5) is 12.5. The van der Waals surface area contributed by atoms with Crippen LogP contribution in [0.2, 0.25) is 0 Å². The van der Waals surface area contributed by atoms with E-state index >= 15 is 0 Å². The van der Waals surface area contributed by atoms with Crippen LogP contribution in [0.4, 0.5) is 15.9 Å². The average molecular weight is 356 g/mol. The van der Waals surface area contributed by atoms with E-state index in [4.69, 9.17) is 0 Å². The zero-order valence-electron chi connectivity index (χ0n) is 13.9. The molecule has 0 radical (unpaired) electrons. The maximum atomic E-state index is 12.9. The zero-order chi connectivity index (χ0) is 17.8. The Morgan fingerprint density at radius 3 is 2.44 bits per heavy atom. The van der Waals surface area contributed by atoms with E-state index < -0.39 is 0 Å². The number of nitrogens with zero attached hydrogens (tertiary/aromatic N) is 3. The van der Waals surface area contributed by atoms with E-state index in [0.29, 0.717) is 10.9 Å². The third kappa shape index (κ3) is 4.24. The molecular weight excluding hydrogens is 339 g/mol. The number of benzene rings is 2. The van der Waals surface area contributed by atoms with Gasteiger partial charge < -0.3 is 5.32 Å². The molecule has 3 aromatic rings. The number of rotatable bonds is 5. The number of halogens is 1. The maximum Gasteiger partial charge on any atom is 0.297 e. The molecule has 3 rings (SSSR count). The topological polar surface area (TPSA) is 59.8 Å². The quantitative estimate of drug-likeness (QED) is 0.707. The molecule has 0 unspecified atom stereocenters. The van der Waals surface area contributed by atoms with Crippen molar-refractivity contribution >= 4 is 23.3 Å². The first-order valence-corrected chi connectivity index (χ1v) is 8.66. The first kappa shape index (κ1) is 17.2. The van der Waals surface area contributed by atoms with E-state index in [-0.39, 0.29) is 17.2 Å². The Balaban J connectivity index is 1.74. The maximum absolute atomic E-state index is 12.9.